The van der Waals surface area contributed by atoms with Crippen molar-refractivity contribution in [2.75, 3.05) is 13.2 Å². The van der Waals surface area contributed by atoms with Gasteiger partial charge >= 0.3 is 0 Å². The van der Waals surface area contributed by atoms with Gasteiger partial charge in [0.1, 0.15) is 12.4 Å². The fourth-order valence-electron chi connectivity index (χ4n) is 2.10. The number of carbonyl (C=O) groups excluding carboxylic acids is 2. The lowest BCUT2D eigenvalue weighted by molar-refractivity contribution is -0.134. The van der Waals surface area contributed by atoms with Crippen LogP contribution in [-0.2, 0) is 19.1 Å². The van der Waals surface area contributed by atoms with E-state index < -0.39 is 0 Å². The van der Waals surface area contributed by atoms with Gasteiger partial charge in [0.05, 0.1) is 18.8 Å². The first-order valence-electron chi connectivity index (χ1n) is 6.87. The van der Waals surface area contributed by atoms with Crippen LogP contribution in [0.5, 0.6) is 0 Å². The summed E-state index contributed by atoms with van der Waals surface area (Å²) in [5.41, 5.74) is 0. The summed E-state index contributed by atoms with van der Waals surface area (Å²) in [5, 5.41) is 0. The average Bonchev–Trinajstić information content (AvgIpc) is 2.36. The average molecular weight is 256 g/mol. The van der Waals surface area contributed by atoms with Crippen molar-refractivity contribution in [3.05, 3.63) is 0 Å². The van der Waals surface area contributed by atoms with Crippen LogP contribution in [0.15, 0.2) is 0 Å². The molecule has 0 heterocycles. The van der Waals surface area contributed by atoms with Crippen molar-refractivity contribution in [1.82, 2.24) is 0 Å². The largest absolute Gasteiger partial charge is 0.375 e. The van der Waals surface area contributed by atoms with E-state index in [-0.39, 0.29) is 30.4 Å². The molecule has 18 heavy (non-hydrogen) atoms. The van der Waals surface area contributed by atoms with Gasteiger partial charge in [0, 0.05) is 12.8 Å². The van der Waals surface area contributed by atoms with E-state index in [4.69, 9.17) is 9.47 Å². The lowest BCUT2D eigenvalue weighted by atomic mass is 9.94. The maximum Gasteiger partial charge on any atom is 0.158 e. The minimum atomic E-state index is 0.0150. The summed E-state index contributed by atoms with van der Waals surface area (Å²) < 4.78 is 11.4. The molecule has 0 N–H and O–H groups in total. The van der Waals surface area contributed by atoms with E-state index in [1.54, 1.807) is 6.92 Å². The highest BCUT2D eigenvalue weighted by Gasteiger charge is 2.26. The van der Waals surface area contributed by atoms with Crippen molar-refractivity contribution in [2.24, 2.45) is 0 Å². The standard InChI is InChI=1S/C14H24O4/c1-3-12(16)10-18-14-7-5-4-6-13(14)17-9-8-11(2)15/h13-14H,3-10H2,1-2H3. The molecule has 1 aliphatic rings. The van der Waals surface area contributed by atoms with E-state index in [0.717, 1.165) is 25.7 Å². The molecule has 0 radical (unpaired) electrons. The number of Topliss-reactive ketones (excluding diaryl/α,β-unsaturated/α-hetero) is 2. The monoisotopic (exact) mass is 256 g/mol. The molecule has 2 atom stereocenters. The highest BCUT2D eigenvalue weighted by molar-refractivity contribution is 5.79. The zero-order chi connectivity index (χ0) is 13.4. The summed E-state index contributed by atoms with van der Waals surface area (Å²) in [6, 6.07) is 0. The Kier molecular flexibility index (Phi) is 7.13. The van der Waals surface area contributed by atoms with Crippen LogP contribution in [-0.4, -0.2) is 37.0 Å². The third kappa shape index (κ3) is 5.74. The molecular weight excluding hydrogens is 232 g/mol. The number of ketones is 2. The molecule has 0 aliphatic heterocycles. The first-order chi connectivity index (χ1) is 8.63. The third-order valence-corrected chi connectivity index (χ3v) is 3.28. The molecule has 1 aliphatic carbocycles. The molecule has 2 unspecified atom stereocenters. The Morgan fingerprint density at radius 2 is 1.72 bits per heavy atom. The smallest absolute Gasteiger partial charge is 0.158 e. The lowest BCUT2D eigenvalue weighted by Gasteiger charge is -2.31. The van der Waals surface area contributed by atoms with Gasteiger partial charge in [-0.05, 0) is 19.8 Å². The van der Waals surface area contributed by atoms with Crippen LogP contribution in [0.1, 0.15) is 52.4 Å². The minimum Gasteiger partial charge on any atom is -0.375 e. The van der Waals surface area contributed by atoms with E-state index in [0.29, 0.717) is 19.4 Å². The van der Waals surface area contributed by atoms with Crippen LogP contribution in [0.25, 0.3) is 0 Å². The molecule has 0 aromatic carbocycles. The number of hydrogen-bond donors (Lipinski definition) is 0. The van der Waals surface area contributed by atoms with E-state index in [2.05, 4.69) is 0 Å². The van der Waals surface area contributed by atoms with Gasteiger partial charge in [0.2, 0.25) is 0 Å². The summed E-state index contributed by atoms with van der Waals surface area (Å²) in [5.74, 6) is 0.271. The van der Waals surface area contributed by atoms with Gasteiger partial charge < -0.3 is 9.47 Å². The van der Waals surface area contributed by atoms with Crippen molar-refractivity contribution in [1.29, 1.82) is 0 Å². The van der Waals surface area contributed by atoms with Crippen molar-refractivity contribution in [2.45, 2.75) is 64.6 Å². The molecule has 0 saturated heterocycles. The second-order valence-electron chi connectivity index (χ2n) is 4.89. The lowest BCUT2D eigenvalue weighted by Crippen LogP contribution is -2.36. The van der Waals surface area contributed by atoms with E-state index >= 15 is 0 Å². The van der Waals surface area contributed by atoms with E-state index in [1.165, 1.54) is 0 Å². The molecule has 0 bridgehead atoms. The molecule has 4 nitrogen and oxygen atoms in total. The summed E-state index contributed by atoms with van der Waals surface area (Å²) in [6.45, 7) is 4.06. The minimum absolute atomic E-state index is 0.0150. The molecule has 0 spiro atoms. The quantitative estimate of drug-likeness (QED) is 0.668. The molecule has 4 heteroatoms. The highest BCUT2D eigenvalue weighted by Crippen LogP contribution is 2.24. The van der Waals surface area contributed by atoms with Crippen LogP contribution in [0, 0.1) is 0 Å². The Morgan fingerprint density at radius 3 is 2.28 bits per heavy atom. The number of rotatable bonds is 8. The fourth-order valence-corrected chi connectivity index (χ4v) is 2.10. The number of carbonyl (C=O) groups is 2. The first kappa shape index (κ1) is 15.3. The molecule has 1 rings (SSSR count). The Labute approximate surface area is 109 Å². The van der Waals surface area contributed by atoms with Crippen molar-refractivity contribution in [3.63, 3.8) is 0 Å². The van der Waals surface area contributed by atoms with Gasteiger partial charge in [-0.15, -0.1) is 0 Å². The summed E-state index contributed by atoms with van der Waals surface area (Å²) in [4.78, 5) is 22.1. The van der Waals surface area contributed by atoms with Crippen LogP contribution in [0.2, 0.25) is 0 Å². The molecule has 1 fully saturated rings. The zero-order valence-electron chi connectivity index (χ0n) is 11.4. The fraction of sp³-hybridized carbons (Fsp3) is 0.857. The van der Waals surface area contributed by atoms with Crippen molar-refractivity contribution in [3.8, 4) is 0 Å². The SMILES string of the molecule is CCC(=O)COC1CCCCC1OCCC(C)=O. The second kappa shape index (κ2) is 8.38. The van der Waals surface area contributed by atoms with Gasteiger partial charge in [-0.25, -0.2) is 0 Å². The molecule has 104 valence electrons. The van der Waals surface area contributed by atoms with Crippen LogP contribution < -0.4 is 0 Å². The summed E-state index contributed by atoms with van der Waals surface area (Å²) in [6.07, 6.45) is 5.19. The zero-order valence-corrected chi connectivity index (χ0v) is 11.4. The normalized spacial score (nSPS) is 23.9. The van der Waals surface area contributed by atoms with E-state index in [1.807, 2.05) is 6.92 Å². The molecule has 0 aromatic rings. The predicted octanol–water partition coefficient (Wildman–Crippen LogP) is 2.29. The topological polar surface area (TPSA) is 52.6 Å². The summed E-state index contributed by atoms with van der Waals surface area (Å²) >= 11 is 0. The summed E-state index contributed by atoms with van der Waals surface area (Å²) in [7, 11) is 0. The van der Waals surface area contributed by atoms with Crippen molar-refractivity contribution >= 4 is 11.6 Å². The maximum atomic E-state index is 11.3. The van der Waals surface area contributed by atoms with E-state index in [9.17, 15) is 9.59 Å². The van der Waals surface area contributed by atoms with Gasteiger partial charge in [-0.3, -0.25) is 9.59 Å². The molecule has 0 amide bonds. The number of hydrogen-bond acceptors (Lipinski definition) is 4. The first-order valence-corrected chi connectivity index (χ1v) is 6.87. The molecule has 0 aromatic heterocycles. The van der Waals surface area contributed by atoms with Crippen LogP contribution >= 0.6 is 0 Å². The molecular formula is C14H24O4. The second-order valence-corrected chi connectivity index (χ2v) is 4.89. The Hall–Kier alpha value is -0.740. The van der Waals surface area contributed by atoms with Crippen LogP contribution in [0.3, 0.4) is 0 Å². The highest BCUT2D eigenvalue weighted by atomic mass is 16.5. The predicted molar refractivity (Wildman–Crippen MR) is 68.5 cm³/mol. The maximum absolute atomic E-state index is 11.3. The van der Waals surface area contributed by atoms with Crippen LogP contribution in [0.4, 0.5) is 0 Å². The molecule has 1 saturated carbocycles. The Morgan fingerprint density at radius 1 is 1.11 bits per heavy atom. The Balaban J connectivity index is 2.32. The van der Waals surface area contributed by atoms with Crippen molar-refractivity contribution < 1.29 is 19.1 Å². The van der Waals surface area contributed by atoms with Gasteiger partial charge in [-0.2, -0.15) is 0 Å². The third-order valence-electron chi connectivity index (χ3n) is 3.28. The van der Waals surface area contributed by atoms with Gasteiger partial charge in [0.25, 0.3) is 0 Å². The number of ether oxygens (including phenoxy) is 2. The Bertz CT molecular complexity index is 275. The van der Waals surface area contributed by atoms with Gasteiger partial charge in [0.15, 0.2) is 5.78 Å². The van der Waals surface area contributed by atoms with Gasteiger partial charge in [-0.1, -0.05) is 19.8 Å².